The number of ether oxygens (including phenoxy) is 2. The lowest BCUT2D eigenvalue weighted by molar-refractivity contribution is -0.120. The number of benzene rings is 3. The van der Waals surface area contributed by atoms with Gasteiger partial charge in [0, 0.05) is 5.56 Å². The molecule has 0 aliphatic carbocycles. The number of methoxy groups -OCH3 is 1. The lowest BCUT2D eigenvalue weighted by atomic mass is 10.0. The van der Waals surface area contributed by atoms with E-state index in [9.17, 15) is 9.59 Å². The zero-order valence-electron chi connectivity index (χ0n) is 19.1. The first kappa shape index (κ1) is 22.1. The first-order valence-electron chi connectivity index (χ1n) is 10.8. The molecule has 0 fully saturated rings. The van der Waals surface area contributed by atoms with Crippen LogP contribution in [-0.4, -0.2) is 25.5 Å². The molecule has 3 aromatic rings. The zero-order valence-corrected chi connectivity index (χ0v) is 19.1. The second-order valence-electron chi connectivity index (χ2n) is 7.67. The fraction of sp³-hybridized carbons (Fsp3) is 0.185. The standard InChI is InChI=1S/C27H26N2O4/c1-5-33-23-16-9-7-13-20(23)28-25-24(19-12-6-8-15-22(19)32-4)26(30)29(27(25)31)21-14-10-11-17(2)18(21)3/h6-16,28H,5H2,1-4H3. The van der Waals surface area contributed by atoms with Crippen LogP contribution in [0, 0.1) is 13.8 Å². The number of nitrogens with zero attached hydrogens (tertiary/aromatic N) is 1. The molecule has 168 valence electrons. The molecule has 0 saturated carbocycles. The number of imide groups is 1. The highest BCUT2D eigenvalue weighted by Gasteiger charge is 2.42. The minimum absolute atomic E-state index is 0.178. The number of anilines is 2. The Morgan fingerprint density at radius 2 is 1.55 bits per heavy atom. The average Bonchev–Trinajstić information content (AvgIpc) is 3.06. The number of aryl methyl sites for hydroxylation is 1. The van der Waals surface area contributed by atoms with E-state index in [1.165, 1.54) is 4.90 Å². The van der Waals surface area contributed by atoms with Gasteiger partial charge < -0.3 is 14.8 Å². The molecule has 33 heavy (non-hydrogen) atoms. The maximum atomic E-state index is 13.8. The van der Waals surface area contributed by atoms with E-state index in [0.29, 0.717) is 35.0 Å². The summed E-state index contributed by atoms with van der Waals surface area (Å²) in [6, 6.07) is 20.1. The van der Waals surface area contributed by atoms with E-state index in [4.69, 9.17) is 9.47 Å². The maximum Gasteiger partial charge on any atom is 0.282 e. The van der Waals surface area contributed by atoms with E-state index in [0.717, 1.165) is 11.1 Å². The van der Waals surface area contributed by atoms with E-state index < -0.39 is 11.8 Å². The minimum Gasteiger partial charge on any atom is -0.496 e. The van der Waals surface area contributed by atoms with Crippen LogP contribution < -0.4 is 19.7 Å². The largest absolute Gasteiger partial charge is 0.496 e. The highest BCUT2D eigenvalue weighted by Crippen LogP contribution is 2.39. The van der Waals surface area contributed by atoms with Crippen molar-refractivity contribution in [2.24, 2.45) is 0 Å². The SMILES string of the molecule is CCOc1ccccc1NC1=C(c2ccccc2OC)C(=O)N(c2cccc(C)c2C)C1=O. The lowest BCUT2D eigenvalue weighted by Gasteiger charge is -2.19. The quantitative estimate of drug-likeness (QED) is 0.515. The fourth-order valence-electron chi connectivity index (χ4n) is 3.93. The summed E-state index contributed by atoms with van der Waals surface area (Å²) in [5.41, 5.74) is 4.01. The molecule has 0 spiro atoms. The van der Waals surface area contributed by atoms with Crippen molar-refractivity contribution in [3.8, 4) is 11.5 Å². The lowest BCUT2D eigenvalue weighted by Crippen LogP contribution is -2.33. The number of hydrogen-bond donors (Lipinski definition) is 1. The molecule has 2 amide bonds. The Balaban J connectivity index is 1.90. The molecule has 0 bridgehead atoms. The summed E-state index contributed by atoms with van der Waals surface area (Å²) in [6.45, 7) is 6.22. The molecule has 1 aliphatic rings. The van der Waals surface area contributed by atoms with E-state index in [1.54, 1.807) is 25.3 Å². The number of carbonyl (C=O) groups excluding carboxylic acids is 2. The summed E-state index contributed by atoms with van der Waals surface area (Å²) < 4.78 is 11.2. The predicted molar refractivity (Wildman–Crippen MR) is 130 cm³/mol. The molecule has 0 aromatic heterocycles. The molecule has 4 rings (SSSR count). The molecular weight excluding hydrogens is 416 g/mol. The van der Waals surface area contributed by atoms with E-state index in [-0.39, 0.29) is 11.3 Å². The van der Waals surface area contributed by atoms with Crippen LogP contribution in [0.5, 0.6) is 11.5 Å². The molecule has 0 saturated heterocycles. The highest BCUT2D eigenvalue weighted by atomic mass is 16.5. The smallest absolute Gasteiger partial charge is 0.282 e. The number of hydrogen-bond acceptors (Lipinski definition) is 5. The van der Waals surface area contributed by atoms with Gasteiger partial charge in [-0.15, -0.1) is 0 Å². The monoisotopic (exact) mass is 442 g/mol. The summed E-state index contributed by atoms with van der Waals surface area (Å²) in [4.78, 5) is 28.8. The van der Waals surface area contributed by atoms with Gasteiger partial charge in [0.05, 0.1) is 30.7 Å². The Morgan fingerprint density at radius 1 is 0.848 bits per heavy atom. The summed E-state index contributed by atoms with van der Waals surface area (Å²) in [6.07, 6.45) is 0. The van der Waals surface area contributed by atoms with Crippen molar-refractivity contribution < 1.29 is 19.1 Å². The van der Waals surface area contributed by atoms with Gasteiger partial charge in [-0.05, 0) is 56.2 Å². The second-order valence-corrected chi connectivity index (χ2v) is 7.67. The van der Waals surface area contributed by atoms with Gasteiger partial charge in [-0.25, -0.2) is 4.90 Å². The predicted octanol–water partition coefficient (Wildman–Crippen LogP) is 5.11. The Bertz CT molecular complexity index is 1260. The second kappa shape index (κ2) is 9.20. The first-order chi connectivity index (χ1) is 16.0. The summed E-state index contributed by atoms with van der Waals surface area (Å²) in [5, 5.41) is 3.20. The Morgan fingerprint density at radius 3 is 2.27 bits per heavy atom. The van der Waals surface area contributed by atoms with Gasteiger partial charge in [0.25, 0.3) is 11.8 Å². The normalized spacial score (nSPS) is 13.5. The van der Waals surface area contributed by atoms with Crippen LogP contribution in [0.3, 0.4) is 0 Å². The van der Waals surface area contributed by atoms with Crippen LogP contribution in [-0.2, 0) is 9.59 Å². The number of amides is 2. The van der Waals surface area contributed by atoms with Crippen molar-refractivity contribution in [1.29, 1.82) is 0 Å². The van der Waals surface area contributed by atoms with Crippen LogP contribution in [0.1, 0.15) is 23.6 Å². The molecule has 0 unspecified atom stereocenters. The van der Waals surface area contributed by atoms with Crippen molar-refractivity contribution in [1.82, 2.24) is 0 Å². The van der Waals surface area contributed by atoms with Crippen LogP contribution >= 0.6 is 0 Å². The molecule has 3 aromatic carbocycles. The third-order valence-corrected chi connectivity index (χ3v) is 5.72. The van der Waals surface area contributed by atoms with Gasteiger partial charge in [0.1, 0.15) is 17.2 Å². The number of carbonyl (C=O) groups is 2. The highest BCUT2D eigenvalue weighted by molar-refractivity contribution is 6.46. The molecule has 1 aliphatic heterocycles. The van der Waals surface area contributed by atoms with Crippen molar-refractivity contribution in [2.75, 3.05) is 23.9 Å². The van der Waals surface area contributed by atoms with Gasteiger partial charge >= 0.3 is 0 Å². The molecule has 0 radical (unpaired) electrons. The van der Waals surface area contributed by atoms with Crippen molar-refractivity contribution in [3.05, 3.63) is 89.1 Å². The summed E-state index contributed by atoms with van der Waals surface area (Å²) in [7, 11) is 1.54. The van der Waals surface area contributed by atoms with E-state index in [1.807, 2.05) is 69.3 Å². The zero-order chi connectivity index (χ0) is 23.5. The van der Waals surface area contributed by atoms with Crippen LogP contribution in [0.25, 0.3) is 5.57 Å². The molecule has 6 heteroatoms. The molecule has 1 N–H and O–H groups in total. The Kier molecular flexibility index (Phi) is 6.18. The summed E-state index contributed by atoms with van der Waals surface area (Å²) in [5.74, 6) is 0.265. The third kappa shape index (κ3) is 3.96. The Labute approximate surface area is 193 Å². The first-order valence-corrected chi connectivity index (χ1v) is 10.8. The molecule has 1 heterocycles. The van der Waals surface area contributed by atoms with Crippen molar-refractivity contribution >= 4 is 28.8 Å². The topological polar surface area (TPSA) is 67.9 Å². The number of para-hydroxylation sites is 3. The van der Waals surface area contributed by atoms with Gasteiger partial charge in [0.15, 0.2) is 0 Å². The maximum absolute atomic E-state index is 13.8. The number of rotatable bonds is 7. The van der Waals surface area contributed by atoms with Crippen molar-refractivity contribution in [3.63, 3.8) is 0 Å². The minimum atomic E-state index is -0.430. The van der Waals surface area contributed by atoms with Gasteiger partial charge in [-0.1, -0.05) is 42.5 Å². The fourth-order valence-corrected chi connectivity index (χ4v) is 3.93. The van der Waals surface area contributed by atoms with E-state index >= 15 is 0 Å². The average molecular weight is 443 g/mol. The van der Waals surface area contributed by atoms with Crippen molar-refractivity contribution in [2.45, 2.75) is 20.8 Å². The summed E-state index contributed by atoms with van der Waals surface area (Å²) >= 11 is 0. The van der Waals surface area contributed by atoms with Gasteiger partial charge in [0.2, 0.25) is 0 Å². The molecular formula is C27H26N2O4. The van der Waals surface area contributed by atoms with Gasteiger partial charge in [-0.3, -0.25) is 9.59 Å². The van der Waals surface area contributed by atoms with Crippen LogP contribution in [0.4, 0.5) is 11.4 Å². The molecule has 6 nitrogen and oxygen atoms in total. The molecule has 0 atom stereocenters. The van der Waals surface area contributed by atoms with Crippen LogP contribution in [0.15, 0.2) is 72.4 Å². The third-order valence-electron chi connectivity index (χ3n) is 5.72. The van der Waals surface area contributed by atoms with Gasteiger partial charge in [-0.2, -0.15) is 0 Å². The Hall–Kier alpha value is -4.06. The van der Waals surface area contributed by atoms with E-state index in [2.05, 4.69) is 5.32 Å². The number of nitrogens with one attached hydrogen (secondary N) is 1. The van der Waals surface area contributed by atoms with Crippen LogP contribution in [0.2, 0.25) is 0 Å².